The predicted molar refractivity (Wildman–Crippen MR) is 72.2 cm³/mol. The van der Waals surface area contributed by atoms with Crippen LogP contribution in [0.4, 0.5) is 17.6 Å². The molecular weight excluding hydrogens is 284 g/mol. The van der Waals surface area contributed by atoms with Gasteiger partial charge in [-0.2, -0.15) is 13.2 Å². The molecule has 2 nitrogen and oxygen atoms in total. The van der Waals surface area contributed by atoms with E-state index in [1.165, 1.54) is 6.07 Å². The zero-order valence-electron chi connectivity index (χ0n) is 12.0. The van der Waals surface area contributed by atoms with E-state index in [0.717, 1.165) is 12.6 Å². The zero-order valence-corrected chi connectivity index (χ0v) is 12.0. The fraction of sp³-hybridized carbons (Fsp3) is 0.667. The van der Waals surface area contributed by atoms with Crippen molar-refractivity contribution in [2.45, 2.75) is 57.3 Å². The molecule has 1 saturated carbocycles. The summed E-state index contributed by atoms with van der Waals surface area (Å²) in [6.45, 7) is 1.94. The third-order valence-corrected chi connectivity index (χ3v) is 4.09. The van der Waals surface area contributed by atoms with Crippen molar-refractivity contribution in [3.63, 3.8) is 0 Å². The van der Waals surface area contributed by atoms with E-state index in [0.29, 0.717) is 18.5 Å². The van der Waals surface area contributed by atoms with Gasteiger partial charge in [0.15, 0.2) is 0 Å². The van der Waals surface area contributed by atoms with Crippen LogP contribution in [0, 0.1) is 11.7 Å². The lowest BCUT2D eigenvalue weighted by atomic mass is 9.84. The molecule has 1 aromatic rings. The molecule has 0 aliphatic heterocycles. The Morgan fingerprint density at radius 3 is 2.67 bits per heavy atom. The Hall–Kier alpha value is -1.17. The molecule has 118 valence electrons. The molecule has 0 bridgehead atoms. The minimum atomic E-state index is -4.11. The number of nitrogens with zero attached hydrogens (tertiary/aromatic N) is 1. The van der Waals surface area contributed by atoms with Crippen LogP contribution in [0.15, 0.2) is 18.3 Å². The van der Waals surface area contributed by atoms with Gasteiger partial charge in [0.2, 0.25) is 0 Å². The second-order valence-electron chi connectivity index (χ2n) is 5.63. The molecule has 1 fully saturated rings. The maximum atomic E-state index is 12.9. The maximum Gasteiger partial charge on any atom is 0.391 e. The van der Waals surface area contributed by atoms with Crippen molar-refractivity contribution < 1.29 is 17.6 Å². The van der Waals surface area contributed by atoms with Crippen LogP contribution in [0.1, 0.15) is 50.8 Å². The second-order valence-corrected chi connectivity index (χ2v) is 5.63. The number of nitrogens with one attached hydrogen (secondary N) is 1. The first-order valence-electron chi connectivity index (χ1n) is 7.34. The Kier molecular flexibility index (Phi) is 5.19. The monoisotopic (exact) mass is 304 g/mol. The lowest BCUT2D eigenvalue weighted by molar-refractivity contribution is -0.183. The quantitative estimate of drug-likeness (QED) is 0.835. The highest BCUT2D eigenvalue weighted by atomic mass is 19.4. The standard InChI is InChI=1S/C15H20F4N2/c1-2-13(14-7-6-11(16)9-20-14)21-12-5-3-4-10(8-12)15(17,18)19/h6-7,9-10,12-13,21H,2-5,8H2,1H3. The Morgan fingerprint density at radius 2 is 2.10 bits per heavy atom. The van der Waals surface area contributed by atoms with Crippen LogP contribution in [0.5, 0.6) is 0 Å². The van der Waals surface area contributed by atoms with Gasteiger partial charge in [-0.25, -0.2) is 4.39 Å². The summed E-state index contributed by atoms with van der Waals surface area (Å²) in [6.07, 6.45) is -0.630. The summed E-state index contributed by atoms with van der Waals surface area (Å²) in [5.74, 6) is -1.63. The van der Waals surface area contributed by atoms with E-state index < -0.39 is 17.9 Å². The predicted octanol–water partition coefficient (Wildman–Crippen LogP) is 4.38. The van der Waals surface area contributed by atoms with Crippen molar-refractivity contribution in [2.75, 3.05) is 0 Å². The molecule has 1 heterocycles. The van der Waals surface area contributed by atoms with E-state index in [9.17, 15) is 17.6 Å². The van der Waals surface area contributed by atoms with Gasteiger partial charge in [0, 0.05) is 12.1 Å². The smallest absolute Gasteiger partial charge is 0.306 e. The van der Waals surface area contributed by atoms with Crippen LogP contribution in [-0.2, 0) is 0 Å². The van der Waals surface area contributed by atoms with Crippen LogP contribution >= 0.6 is 0 Å². The summed E-state index contributed by atoms with van der Waals surface area (Å²) in [6, 6.07) is 2.61. The third-order valence-electron chi connectivity index (χ3n) is 4.09. The molecule has 1 N–H and O–H groups in total. The molecule has 0 amide bonds. The van der Waals surface area contributed by atoms with Crippen LogP contribution in [0.2, 0.25) is 0 Å². The molecule has 21 heavy (non-hydrogen) atoms. The van der Waals surface area contributed by atoms with E-state index in [1.807, 2.05) is 6.92 Å². The number of hydrogen-bond acceptors (Lipinski definition) is 2. The van der Waals surface area contributed by atoms with Gasteiger partial charge >= 0.3 is 6.18 Å². The van der Waals surface area contributed by atoms with Crippen molar-refractivity contribution in [1.29, 1.82) is 0 Å². The summed E-state index contributed by atoms with van der Waals surface area (Å²) in [5.41, 5.74) is 0.674. The highest BCUT2D eigenvalue weighted by Gasteiger charge is 2.42. The number of pyridine rings is 1. The first-order chi connectivity index (χ1) is 9.90. The molecule has 1 aromatic heterocycles. The van der Waals surface area contributed by atoms with Gasteiger partial charge in [-0.1, -0.05) is 13.3 Å². The van der Waals surface area contributed by atoms with Crippen molar-refractivity contribution in [2.24, 2.45) is 5.92 Å². The molecule has 3 atom stereocenters. The van der Waals surface area contributed by atoms with E-state index in [-0.39, 0.29) is 24.9 Å². The topological polar surface area (TPSA) is 24.9 Å². The van der Waals surface area contributed by atoms with Gasteiger partial charge in [0.25, 0.3) is 0 Å². The Balaban J connectivity index is 1.99. The number of hydrogen-bond donors (Lipinski definition) is 1. The fourth-order valence-corrected chi connectivity index (χ4v) is 2.93. The average molecular weight is 304 g/mol. The largest absolute Gasteiger partial charge is 0.391 e. The van der Waals surface area contributed by atoms with Gasteiger partial charge < -0.3 is 5.32 Å². The summed E-state index contributed by atoms with van der Waals surface area (Å²) in [5, 5.41) is 3.26. The minimum Gasteiger partial charge on any atom is -0.306 e. The Labute approximate surface area is 122 Å². The Morgan fingerprint density at radius 1 is 1.33 bits per heavy atom. The second kappa shape index (κ2) is 6.73. The first kappa shape index (κ1) is 16.2. The van der Waals surface area contributed by atoms with Gasteiger partial charge in [0.05, 0.1) is 17.8 Å². The molecule has 0 spiro atoms. The number of rotatable bonds is 4. The molecule has 0 radical (unpaired) electrons. The summed E-state index contributed by atoms with van der Waals surface area (Å²) >= 11 is 0. The zero-order chi connectivity index (χ0) is 15.5. The van der Waals surface area contributed by atoms with E-state index >= 15 is 0 Å². The summed E-state index contributed by atoms with van der Waals surface area (Å²) in [4.78, 5) is 4.02. The highest BCUT2D eigenvalue weighted by molar-refractivity contribution is 5.10. The lowest BCUT2D eigenvalue weighted by Gasteiger charge is -2.33. The lowest BCUT2D eigenvalue weighted by Crippen LogP contribution is -2.40. The molecular formula is C15H20F4N2. The normalized spacial score (nSPS) is 24.8. The van der Waals surface area contributed by atoms with Gasteiger partial charge in [-0.15, -0.1) is 0 Å². The third kappa shape index (κ3) is 4.40. The van der Waals surface area contributed by atoms with Gasteiger partial charge in [0.1, 0.15) is 5.82 Å². The molecule has 3 unspecified atom stereocenters. The minimum absolute atomic E-state index is 0.112. The number of halogens is 4. The average Bonchev–Trinajstić information content (AvgIpc) is 2.45. The summed E-state index contributed by atoms with van der Waals surface area (Å²) < 4.78 is 51.3. The highest BCUT2D eigenvalue weighted by Crippen LogP contribution is 2.38. The van der Waals surface area contributed by atoms with Crippen molar-refractivity contribution in [3.8, 4) is 0 Å². The fourth-order valence-electron chi connectivity index (χ4n) is 2.93. The molecule has 0 aromatic carbocycles. The van der Waals surface area contributed by atoms with Gasteiger partial charge in [-0.3, -0.25) is 4.98 Å². The van der Waals surface area contributed by atoms with Crippen LogP contribution in [-0.4, -0.2) is 17.2 Å². The molecule has 6 heteroatoms. The maximum absolute atomic E-state index is 12.9. The Bertz CT molecular complexity index is 444. The molecule has 0 saturated heterocycles. The van der Waals surface area contributed by atoms with Crippen molar-refractivity contribution >= 4 is 0 Å². The summed E-state index contributed by atoms with van der Waals surface area (Å²) in [7, 11) is 0. The van der Waals surface area contributed by atoms with Crippen molar-refractivity contribution in [3.05, 3.63) is 29.8 Å². The van der Waals surface area contributed by atoms with E-state index in [4.69, 9.17) is 0 Å². The van der Waals surface area contributed by atoms with Crippen molar-refractivity contribution in [1.82, 2.24) is 10.3 Å². The van der Waals surface area contributed by atoms with Crippen LogP contribution in [0.3, 0.4) is 0 Å². The number of alkyl halides is 3. The van der Waals surface area contributed by atoms with E-state index in [2.05, 4.69) is 10.3 Å². The van der Waals surface area contributed by atoms with E-state index in [1.54, 1.807) is 6.07 Å². The molecule has 1 aliphatic carbocycles. The van der Waals surface area contributed by atoms with Crippen LogP contribution in [0.25, 0.3) is 0 Å². The molecule has 2 rings (SSSR count). The molecule has 1 aliphatic rings. The first-order valence-corrected chi connectivity index (χ1v) is 7.34. The number of aromatic nitrogens is 1. The SMILES string of the molecule is CCC(NC1CCCC(C(F)(F)F)C1)c1ccc(F)cn1. The van der Waals surface area contributed by atoms with Crippen LogP contribution < -0.4 is 5.32 Å². The van der Waals surface area contributed by atoms with Gasteiger partial charge in [-0.05, 0) is 37.8 Å².